The number of pyridine rings is 1. The van der Waals surface area contributed by atoms with Gasteiger partial charge in [0.2, 0.25) is 5.82 Å². The molecule has 37 heavy (non-hydrogen) atoms. The van der Waals surface area contributed by atoms with Gasteiger partial charge in [0.25, 0.3) is 5.91 Å². The van der Waals surface area contributed by atoms with Gasteiger partial charge in [-0.1, -0.05) is 42.5 Å². The van der Waals surface area contributed by atoms with Gasteiger partial charge in [0, 0.05) is 44.0 Å². The van der Waals surface area contributed by atoms with Crippen molar-refractivity contribution in [3.05, 3.63) is 95.3 Å². The van der Waals surface area contributed by atoms with E-state index in [1.807, 2.05) is 18.3 Å². The van der Waals surface area contributed by atoms with Crippen molar-refractivity contribution in [1.82, 2.24) is 29.5 Å². The molecular formula is C29H33N7O. The molecule has 0 aliphatic carbocycles. The Morgan fingerprint density at radius 1 is 0.973 bits per heavy atom. The van der Waals surface area contributed by atoms with Crippen LogP contribution in [0.1, 0.15) is 40.2 Å². The Kier molecular flexibility index (Phi) is 7.12. The standard InChI is InChI=1S/C29H33N7O/c1-20-18-35(15-14-34(20)3)19-26-11-10-25(17-31-26)24-8-4-22(5-9-24)16-23-6-12-27(13-7-23)36-21(2)32-29(33-36)28(30)37/h4-13,17,20H,14-16,18-19H2,1-3H3,(H2,30,37)/t20-/m0/s1. The Balaban J connectivity index is 1.20. The average molecular weight is 496 g/mol. The predicted octanol–water partition coefficient (Wildman–Crippen LogP) is 3.46. The fourth-order valence-electron chi connectivity index (χ4n) is 4.73. The van der Waals surface area contributed by atoms with Crippen molar-refractivity contribution in [3.63, 3.8) is 0 Å². The first-order chi connectivity index (χ1) is 17.9. The van der Waals surface area contributed by atoms with Crippen LogP contribution in [0.2, 0.25) is 0 Å². The van der Waals surface area contributed by atoms with Crippen molar-refractivity contribution in [2.45, 2.75) is 32.9 Å². The van der Waals surface area contributed by atoms with E-state index in [0.29, 0.717) is 11.9 Å². The fourth-order valence-corrected chi connectivity index (χ4v) is 4.73. The molecule has 1 saturated heterocycles. The first-order valence-corrected chi connectivity index (χ1v) is 12.7. The van der Waals surface area contributed by atoms with Crippen LogP contribution in [0.25, 0.3) is 16.8 Å². The second kappa shape index (κ2) is 10.6. The summed E-state index contributed by atoms with van der Waals surface area (Å²) in [6.45, 7) is 8.26. The average Bonchev–Trinajstić information content (AvgIpc) is 3.30. The lowest BCUT2D eigenvalue weighted by Gasteiger charge is -2.37. The third-order valence-electron chi connectivity index (χ3n) is 7.12. The Labute approximate surface area is 217 Å². The normalized spacial score (nSPS) is 16.7. The predicted molar refractivity (Wildman–Crippen MR) is 144 cm³/mol. The maximum Gasteiger partial charge on any atom is 0.288 e. The van der Waals surface area contributed by atoms with Gasteiger partial charge in [-0.15, -0.1) is 5.10 Å². The maximum atomic E-state index is 11.4. The van der Waals surface area contributed by atoms with E-state index in [9.17, 15) is 4.79 Å². The van der Waals surface area contributed by atoms with Gasteiger partial charge in [-0.2, -0.15) is 0 Å². The van der Waals surface area contributed by atoms with Crippen LogP contribution in [0, 0.1) is 6.92 Å². The minimum Gasteiger partial charge on any atom is -0.363 e. The van der Waals surface area contributed by atoms with Crippen molar-refractivity contribution in [1.29, 1.82) is 0 Å². The molecule has 2 N–H and O–H groups in total. The molecule has 8 heteroatoms. The highest BCUT2D eigenvalue weighted by atomic mass is 16.1. The molecule has 1 aliphatic heterocycles. The first-order valence-electron chi connectivity index (χ1n) is 12.7. The van der Waals surface area contributed by atoms with Gasteiger partial charge >= 0.3 is 0 Å². The number of aromatic nitrogens is 4. The third kappa shape index (κ3) is 5.76. The summed E-state index contributed by atoms with van der Waals surface area (Å²) < 4.78 is 1.63. The fraction of sp³-hybridized carbons (Fsp3) is 0.310. The molecule has 0 bridgehead atoms. The van der Waals surface area contributed by atoms with Crippen LogP contribution >= 0.6 is 0 Å². The lowest BCUT2D eigenvalue weighted by atomic mass is 10.0. The van der Waals surface area contributed by atoms with Crippen LogP contribution in [-0.2, 0) is 13.0 Å². The van der Waals surface area contributed by atoms with Crippen molar-refractivity contribution < 1.29 is 4.79 Å². The highest BCUT2D eigenvalue weighted by molar-refractivity contribution is 5.88. The zero-order valence-corrected chi connectivity index (χ0v) is 21.6. The van der Waals surface area contributed by atoms with Gasteiger partial charge in [0.1, 0.15) is 5.82 Å². The molecular weight excluding hydrogens is 462 g/mol. The number of rotatable bonds is 7. The number of benzene rings is 2. The molecule has 0 radical (unpaired) electrons. The van der Waals surface area contributed by atoms with Gasteiger partial charge < -0.3 is 10.6 Å². The summed E-state index contributed by atoms with van der Waals surface area (Å²) in [6.07, 6.45) is 2.81. The van der Waals surface area contributed by atoms with Crippen molar-refractivity contribution in [2.24, 2.45) is 5.73 Å². The summed E-state index contributed by atoms with van der Waals surface area (Å²) in [5.41, 5.74) is 12.0. The lowest BCUT2D eigenvalue weighted by molar-refractivity contribution is 0.0989. The first kappa shape index (κ1) is 24.8. The number of hydrogen-bond acceptors (Lipinski definition) is 6. The topological polar surface area (TPSA) is 93.2 Å². The molecule has 1 aliphatic rings. The van der Waals surface area contributed by atoms with E-state index < -0.39 is 5.91 Å². The number of amides is 1. The molecule has 190 valence electrons. The SMILES string of the molecule is Cc1nc(C(N)=O)nn1-c1ccc(Cc2ccc(-c3ccc(CN4CCN(C)[C@@H](C)C4)nc3)cc2)cc1. The smallest absolute Gasteiger partial charge is 0.288 e. The highest BCUT2D eigenvalue weighted by Gasteiger charge is 2.20. The van der Waals surface area contributed by atoms with Gasteiger partial charge in [0.15, 0.2) is 0 Å². The third-order valence-corrected chi connectivity index (χ3v) is 7.12. The quantitative estimate of drug-likeness (QED) is 0.422. The molecule has 2 aromatic heterocycles. The Hall–Kier alpha value is -3.88. The Morgan fingerprint density at radius 3 is 2.24 bits per heavy atom. The van der Waals surface area contributed by atoms with E-state index in [1.165, 1.54) is 16.7 Å². The van der Waals surface area contributed by atoms with Gasteiger partial charge in [-0.3, -0.25) is 14.7 Å². The van der Waals surface area contributed by atoms with Crippen molar-refractivity contribution >= 4 is 5.91 Å². The van der Waals surface area contributed by atoms with Gasteiger partial charge in [-0.05, 0) is 62.2 Å². The van der Waals surface area contributed by atoms with Crippen LogP contribution < -0.4 is 5.73 Å². The van der Waals surface area contributed by atoms with Crippen LogP contribution in [0.15, 0.2) is 66.9 Å². The van der Waals surface area contributed by atoms with E-state index in [0.717, 1.165) is 49.5 Å². The maximum absolute atomic E-state index is 11.4. The lowest BCUT2D eigenvalue weighted by Crippen LogP contribution is -2.49. The van der Waals surface area contributed by atoms with Crippen LogP contribution in [-0.4, -0.2) is 68.2 Å². The number of likely N-dealkylation sites (N-methyl/N-ethyl adjacent to an activating group) is 1. The monoisotopic (exact) mass is 495 g/mol. The largest absolute Gasteiger partial charge is 0.363 e. The number of carbonyl (C=O) groups is 1. The molecule has 4 aromatic rings. The zero-order chi connectivity index (χ0) is 25.9. The molecule has 1 amide bonds. The summed E-state index contributed by atoms with van der Waals surface area (Å²) in [5.74, 6) is 0.0127. The van der Waals surface area contributed by atoms with Crippen molar-refractivity contribution in [2.75, 3.05) is 26.7 Å². The minimum absolute atomic E-state index is 0.0242. The molecule has 3 heterocycles. The van der Waals surface area contributed by atoms with E-state index in [2.05, 4.69) is 82.4 Å². The Bertz CT molecular complexity index is 1360. The summed E-state index contributed by atoms with van der Waals surface area (Å²) in [6, 6.07) is 21.7. The second-order valence-corrected chi connectivity index (χ2v) is 9.90. The van der Waals surface area contributed by atoms with E-state index in [4.69, 9.17) is 10.7 Å². The number of nitrogens with two attached hydrogens (primary N) is 1. The van der Waals surface area contributed by atoms with Gasteiger partial charge in [0.05, 0.1) is 11.4 Å². The molecule has 8 nitrogen and oxygen atoms in total. The molecule has 0 unspecified atom stereocenters. The van der Waals surface area contributed by atoms with E-state index in [1.54, 1.807) is 11.6 Å². The summed E-state index contributed by atoms with van der Waals surface area (Å²) >= 11 is 0. The number of primary amides is 1. The Morgan fingerprint density at radius 2 is 1.65 bits per heavy atom. The van der Waals surface area contributed by atoms with E-state index in [-0.39, 0.29) is 5.82 Å². The number of carbonyl (C=O) groups excluding carboxylic acids is 1. The summed E-state index contributed by atoms with van der Waals surface area (Å²) in [7, 11) is 2.20. The number of hydrogen-bond donors (Lipinski definition) is 1. The van der Waals surface area contributed by atoms with Gasteiger partial charge in [-0.25, -0.2) is 9.67 Å². The molecule has 0 spiro atoms. The number of nitrogens with zero attached hydrogens (tertiary/aromatic N) is 6. The molecule has 1 fully saturated rings. The van der Waals surface area contributed by atoms with Crippen LogP contribution in [0.3, 0.4) is 0 Å². The molecule has 5 rings (SSSR count). The summed E-state index contributed by atoms with van der Waals surface area (Å²) in [4.78, 5) is 25.1. The molecule has 0 saturated carbocycles. The highest BCUT2D eigenvalue weighted by Crippen LogP contribution is 2.22. The van der Waals surface area contributed by atoms with E-state index >= 15 is 0 Å². The van der Waals surface area contributed by atoms with Crippen LogP contribution in [0.4, 0.5) is 0 Å². The molecule has 1 atom stereocenters. The van der Waals surface area contributed by atoms with Crippen LogP contribution in [0.5, 0.6) is 0 Å². The second-order valence-electron chi connectivity index (χ2n) is 9.90. The zero-order valence-electron chi connectivity index (χ0n) is 21.6. The number of aryl methyl sites for hydroxylation is 1. The summed E-state index contributed by atoms with van der Waals surface area (Å²) in [5, 5.41) is 4.19. The van der Waals surface area contributed by atoms with Crippen molar-refractivity contribution in [3.8, 4) is 16.8 Å². The molecule has 2 aromatic carbocycles. The minimum atomic E-state index is -0.631. The number of piperazine rings is 1.